The molecular weight excluding hydrogens is 204 g/mol. The van der Waals surface area contributed by atoms with E-state index in [1.54, 1.807) is 7.11 Å². The van der Waals surface area contributed by atoms with Crippen molar-refractivity contribution in [3.8, 4) is 0 Å². The molecule has 4 nitrogen and oxygen atoms in total. The zero-order valence-corrected chi connectivity index (χ0v) is 9.95. The van der Waals surface area contributed by atoms with Gasteiger partial charge in [-0.05, 0) is 24.6 Å². The number of nitrogens with one attached hydrogen (secondary N) is 1. The van der Waals surface area contributed by atoms with Gasteiger partial charge in [-0.15, -0.1) is 0 Å². The van der Waals surface area contributed by atoms with Gasteiger partial charge in [0, 0.05) is 25.0 Å². The molecular formula is C12H20N2O2. The number of hydrogen-bond acceptors (Lipinski definition) is 4. The van der Waals surface area contributed by atoms with Crippen LogP contribution in [0.5, 0.6) is 0 Å². The minimum atomic E-state index is 0.633. The highest BCUT2D eigenvalue weighted by molar-refractivity contribution is 5.62. The smallest absolute Gasteiger partial charge is 0.0701 e. The third-order valence-corrected chi connectivity index (χ3v) is 2.37. The second-order valence-corrected chi connectivity index (χ2v) is 3.55. The van der Waals surface area contributed by atoms with Gasteiger partial charge < -0.3 is 20.5 Å². The minimum absolute atomic E-state index is 0.633. The van der Waals surface area contributed by atoms with Crippen LogP contribution in [0.4, 0.5) is 11.4 Å². The monoisotopic (exact) mass is 224 g/mol. The molecule has 3 N–H and O–H groups in total. The summed E-state index contributed by atoms with van der Waals surface area (Å²) in [5, 5.41) is 3.28. The summed E-state index contributed by atoms with van der Waals surface area (Å²) >= 11 is 0. The maximum Gasteiger partial charge on any atom is 0.0701 e. The van der Waals surface area contributed by atoms with Crippen molar-refractivity contribution in [1.29, 1.82) is 0 Å². The Bertz CT molecular complexity index is 316. The molecule has 0 saturated carbocycles. The van der Waals surface area contributed by atoms with E-state index in [9.17, 15) is 0 Å². The molecule has 0 aliphatic heterocycles. The summed E-state index contributed by atoms with van der Waals surface area (Å²) in [4.78, 5) is 0. The van der Waals surface area contributed by atoms with E-state index in [-0.39, 0.29) is 0 Å². The summed E-state index contributed by atoms with van der Waals surface area (Å²) in [6.07, 6.45) is 0. The molecule has 0 aromatic heterocycles. The first-order valence-corrected chi connectivity index (χ1v) is 5.41. The summed E-state index contributed by atoms with van der Waals surface area (Å²) in [6, 6.07) is 5.85. The van der Waals surface area contributed by atoms with E-state index < -0.39 is 0 Å². The molecule has 0 aliphatic rings. The molecule has 1 aromatic carbocycles. The van der Waals surface area contributed by atoms with Crippen LogP contribution in [0.2, 0.25) is 0 Å². The number of hydrogen-bond donors (Lipinski definition) is 2. The Morgan fingerprint density at radius 3 is 2.81 bits per heavy atom. The fourth-order valence-electron chi connectivity index (χ4n) is 1.35. The number of rotatable bonds is 7. The largest absolute Gasteiger partial charge is 0.398 e. The summed E-state index contributed by atoms with van der Waals surface area (Å²) < 4.78 is 10.2. The SMILES string of the molecule is COCCOCCNc1cccc(N)c1C. The van der Waals surface area contributed by atoms with E-state index in [0.29, 0.717) is 19.8 Å². The lowest BCUT2D eigenvalue weighted by Crippen LogP contribution is -2.12. The second-order valence-electron chi connectivity index (χ2n) is 3.55. The zero-order valence-electron chi connectivity index (χ0n) is 9.95. The third kappa shape index (κ3) is 4.08. The van der Waals surface area contributed by atoms with Gasteiger partial charge in [-0.2, -0.15) is 0 Å². The van der Waals surface area contributed by atoms with Crippen LogP contribution in [0.15, 0.2) is 18.2 Å². The first-order valence-electron chi connectivity index (χ1n) is 5.41. The maximum atomic E-state index is 5.80. The Labute approximate surface area is 96.7 Å². The summed E-state index contributed by atoms with van der Waals surface area (Å²) in [6.45, 7) is 4.71. The Kier molecular flexibility index (Phi) is 5.67. The minimum Gasteiger partial charge on any atom is -0.398 e. The van der Waals surface area contributed by atoms with Crippen LogP contribution < -0.4 is 11.1 Å². The Morgan fingerprint density at radius 1 is 1.25 bits per heavy atom. The molecule has 90 valence electrons. The van der Waals surface area contributed by atoms with Crippen molar-refractivity contribution in [1.82, 2.24) is 0 Å². The lowest BCUT2D eigenvalue weighted by Gasteiger charge is -2.11. The molecule has 0 saturated heterocycles. The van der Waals surface area contributed by atoms with Crippen molar-refractivity contribution < 1.29 is 9.47 Å². The van der Waals surface area contributed by atoms with Crippen LogP contribution in [0.3, 0.4) is 0 Å². The van der Waals surface area contributed by atoms with E-state index >= 15 is 0 Å². The van der Waals surface area contributed by atoms with E-state index in [2.05, 4.69) is 5.32 Å². The van der Waals surface area contributed by atoms with Crippen LogP contribution in [0, 0.1) is 6.92 Å². The molecule has 1 rings (SSSR count). The molecule has 0 aliphatic carbocycles. The predicted octanol–water partition coefficient (Wildman–Crippen LogP) is 1.65. The molecule has 0 unspecified atom stereocenters. The third-order valence-electron chi connectivity index (χ3n) is 2.37. The Balaban J connectivity index is 2.24. The predicted molar refractivity (Wildman–Crippen MR) is 66.8 cm³/mol. The number of nitrogen functional groups attached to an aromatic ring is 1. The van der Waals surface area contributed by atoms with Crippen molar-refractivity contribution in [2.45, 2.75) is 6.92 Å². The van der Waals surface area contributed by atoms with Gasteiger partial charge in [-0.3, -0.25) is 0 Å². The van der Waals surface area contributed by atoms with Gasteiger partial charge in [0.15, 0.2) is 0 Å². The molecule has 0 radical (unpaired) electrons. The molecule has 16 heavy (non-hydrogen) atoms. The first-order chi connectivity index (χ1) is 7.75. The highest BCUT2D eigenvalue weighted by Crippen LogP contribution is 2.19. The van der Waals surface area contributed by atoms with Crippen molar-refractivity contribution in [2.24, 2.45) is 0 Å². The van der Waals surface area contributed by atoms with Gasteiger partial charge in [0.05, 0.1) is 19.8 Å². The molecule has 4 heteroatoms. The van der Waals surface area contributed by atoms with Crippen LogP contribution >= 0.6 is 0 Å². The quantitative estimate of drug-likeness (QED) is 0.546. The topological polar surface area (TPSA) is 56.5 Å². The summed E-state index contributed by atoms with van der Waals surface area (Å²) in [7, 11) is 1.66. The van der Waals surface area contributed by atoms with Crippen LogP contribution in [-0.4, -0.2) is 33.5 Å². The second kappa shape index (κ2) is 7.09. The van der Waals surface area contributed by atoms with Gasteiger partial charge >= 0.3 is 0 Å². The number of anilines is 2. The van der Waals surface area contributed by atoms with Crippen LogP contribution in [0.1, 0.15) is 5.56 Å². The highest BCUT2D eigenvalue weighted by atomic mass is 16.5. The molecule has 0 fully saturated rings. The van der Waals surface area contributed by atoms with Gasteiger partial charge in [0.2, 0.25) is 0 Å². The van der Waals surface area contributed by atoms with Gasteiger partial charge in [0.1, 0.15) is 0 Å². The normalized spacial score (nSPS) is 10.4. The standard InChI is InChI=1S/C12H20N2O2/c1-10-11(13)4-3-5-12(10)14-6-7-16-9-8-15-2/h3-5,14H,6-9,13H2,1-2H3. The lowest BCUT2D eigenvalue weighted by atomic mass is 10.1. The Morgan fingerprint density at radius 2 is 2.06 bits per heavy atom. The highest BCUT2D eigenvalue weighted by Gasteiger charge is 1.99. The van der Waals surface area contributed by atoms with Crippen molar-refractivity contribution in [2.75, 3.05) is 44.5 Å². The van der Waals surface area contributed by atoms with E-state index in [1.807, 2.05) is 25.1 Å². The number of benzene rings is 1. The summed E-state index contributed by atoms with van der Waals surface area (Å²) in [5.41, 5.74) is 8.76. The number of nitrogens with two attached hydrogens (primary N) is 1. The molecule has 0 spiro atoms. The van der Waals surface area contributed by atoms with Crippen LogP contribution in [-0.2, 0) is 9.47 Å². The molecule has 1 aromatic rings. The van der Waals surface area contributed by atoms with E-state index in [1.165, 1.54) is 0 Å². The van der Waals surface area contributed by atoms with Gasteiger partial charge in [-0.1, -0.05) is 6.07 Å². The van der Waals surface area contributed by atoms with Crippen LogP contribution in [0.25, 0.3) is 0 Å². The average Bonchev–Trinajstić information content (AvgIpc) is 2.29. The number of methoxy groups -OCH3 is 1. The lowest BCUT2D eigenvalue weighted by molar-refractivity contribution is 0.0759. The van der Waals surface area contributed by atoms with E-state index in [4.69, 9.17) is 15.2 Å². The fraction of sp³-hybridized carbons (Fsp3) is 0.500. The van der Waals surface area contributed by atoms with Crippen molar-refractivity contribution >= 4 is 11.4 Å². The molecule has 0 bridgehead atoms. The molecule has 0 amide bonds. The molecule has 0 heterocycles. The van der Waals surface area contributed by atoms with Gasteiger partial charge in [0.25, 0.3) is 0 Å². The maximum absolute atomic E-state index is 5.80. The number of ether oxygens (including phenoxy) is 2. The average molecular weight is 224 g/mol. The fourth-order valence-corrected chi connectivity index (χ4v) is 1.35. The van der Waals surface area contributed by atoms with Crippen molar-refractivity contribution in [3.05, 3.63) is 23.8 Å². The first kappa shape index (κ1) is 12.8. The Hall–Kier alpha value is -1.26. The summed E-state index contributed by atoms with van der Waals surface area (Å²) in [5.74, 6) is 0. The molecule has 0 atom stereocenters. The van der Waals surface area contributed by atoms with E-state index in [0.717, 1.165) is 23.5 Å². The van der Waals surface area contributed by atoms with Crippen molar-refractivity contribution in [3.63, 3.8) is 0 Å². The zero-order chi connectivity index (χ0) is 11.8. The van der Waals surface area contributed by atoms with Gasteiger partial charge in [-0.25, -0.2) is 0 Å².